The van der Waals surface area contributed by atoms with Crippen LogP contribution in [0.5, 0.6) is 0 Å². The number of allylic oxidation sites excluding steroid dienone is 12. The monoisotopic (exact) mass is 392 g/mol. The van der Waals surface area contributed by atoms with Gasteiger partial charge >= 0.3 is 0 Å². The summed E-state index contributed by atoms with van der Waals surface area (Å²) in [5, 5.41) is 0. The van der Waals surface area contributed by atoms with E-state index < -0.39 is 0 Å². The van der Waals surface area contributed by atoms with Crippen LogP contribution in [0.15, 0.2) is 79.9 Å². The lowest BCUT2D eigenvalue weighted by atomic mass is 9.85. The molecule has 0 aromatic rings. The predicted molar refractivity (Wildman–Crippen MR) is 132 cm³/mol. The maximum absolute atomic E-state index is 4.61. The van der Waals surface area contributed by atoms with Gasteiger partial charge in [0.2, 0.25) is 0 Å². The summed E-state index contributed by atoms with van der Waals surface area (Å²) < 4.78 is 0. The zero-order valence-electron chi connectivity index (χ0n) is 20.4. The van der Waals surface area contributed by atoms with Gasteiger partial charge in [-0.3, -0.25) is 9.98 Å². The molecule has 0 aromatic heterocycles. The standard InChI is InChI=1S/C27H40N2/c1-18(2)19(3)12-13-20(4)23-16-17-24(26(29-11)25(23)28-10)21(5)14-15-22(6)27(7,8)9/h12-18H,1-11H3/b19-12+,20-13+,21-14+,22-15+,28-25-,29-26-. The lowest BCUT2D eigenvalue weighted by Gasteiger charge is -2.21. The first-order chi connectivity index (χ1) is 13.4. The van der Waals surface area contributed by atoms with Crippen LogP contribution in [-0.2, 0) is 0 Å². The second-order valence-electron chi connectivity index (χ2n) is 9.17. The van der Waals surface area contributed by atoms with E-state index in [1.54, 1.807) is 0 Å². The third-order valence-electron chi connectivity index (χ3n) is 5.72. The van der Waals surface area contributed by atoms with Crippen molar-refractivity contribution >= 4 is 11.4 Å². The smallest absolute Gasteiger partial charge is 0.0903 e. The van der Waals surface area contributed by atoms with Gasteiger partial charge in [0.05, 0.1) is 11.4 Å². The maximum Gasteiger partial charge on any atom is 0.0903 e. The summed E-state index contributed by atoms with van der Waals surface area (Å²) in [4.78, 5) is 9.21. The summed E-state index contributed by atoms with van der Waals surface area (Å²) in [5.41, 5.74) is 9.49. The van der Waals surface area contributed by atoms with Gasteiger partial charge < -0.3 is 0 Å². The molecule has 1 aliphatic rings. The molecular formula is C27H40N2. The first-order valence-electron chi connectivity index (χ1n) is 10.5. The topological polar surface area (TPSA) is 24.7 Å². The van der Waals surface area contributed by atoms with E-state index in [0.717, 1.165) is 22.6 Å². The maximum atomic E-state index is 4.61. The predicted octanol–water partition coefficient (Wildman–Crippen LogP) is 7.48. The first-order valence-corrected chi connectivity index (χ1v) is 10.5. The Morgan fingerprint density at radius 3 is 1.52 bits per heavy atom. The van der Waals surface area contributed by atoms with Gasteiger partial charge in [0, 0.05) is 25.2 Å². The number of aliphatic imine (C=N–C) groups is 2. The zero-order valence-corrected chi connectivity index (χ0v) is 20.4. The molecule has 0 unspecified atom stereocenters. The van der Waals surface area contributed by atoms with Crippen molar-refractivity contribution in [2.24, 2.45) is 21.3 Å². The average Bonchev–Trinajstić information content (AvgIpc) is 2.67. The van der Waals surface area contributed by atoms with Crippen LogP contribution in [0.4, 0.5) is 0 Å². The first kappa shape index (κ1) is 24.8. The van der Waals surface area contributed by atoms with E-state index in [1.165, 1.54) is 22.3 Å². The fourth-order valence-electron chi connectivity index (χ4n) is 2.80. The minimum atomic E-state index is 0.173. The summed E-state index contributed by atoms with van der Waals surface area (Å²) in [5.74, 6) is 0.551. The molecular weight excluding hydrogens is 352 g/mol. The summed E-state index contributed by atoms with van der Waals surface area (Å²) in [6, 6.07) is 0. The minimum absolute atomic E-state index is 0.173. The van der Waals surface area contributed by atoms with Gasteiger partial charge in [-0.2, -0.15) is 0 Å². The molecule has 0 aromatic carbocycles. The van der Waals surface area contributed by atoms with Crippen molar-refractivity contribution in [3.8, 4) is 0 Å². The molecule has 0 saturated carbocycles. The Hall–Kier alpha value is -2.22. The molecule has 2 nitrogen and oxygen atoms in total. The van der Waals surface area contributed by atoms with Gasteiger partial charge in [-0.05, 0) is 50.2 Å². The molecule has 0 atom stereocenters. The molecule has 0 N–H and O–H groups in total. The van der Waals surface area contributed by atoms with Crippen LogP contribution in [0.1, 0.15) is 62.3 Å². The Morgan fingerprint density at radius 2 is 1.17 bits per heavy atom. The highest BCUT2D eigenvalue weighted by Gasteiger charge is 2.22. The van der Waals surface area contributed by atoms with Crippen LogP contribution in [-0.4, -0.2) is 25.5 Å². The number of nitrogens with zero attached hydrogens (tertiary/aromatic N) is 2. The molecule has 1 aliphatic carbocycles. The molecule has 0 saturated heterocycles. The number of hydrogen-bond donors (Lipinski definition) is 0. The van der Waals surface area contributed by atoms with E-state index in [1.807, 2.05) is 14.1 Å². The van der Waals surface area contributed by atoms with Gasteiger partial charge in [-0.15, -0.1) is 0 Å². The van der Waals surface area contributed by atoms with E-state index in [-0.39, 0.29) is 5.41 Å². The van der Waals surface area contributed by atoms with E-state index in [2.05, 4.69) is 109 Å². The summed E-state index contributed by atoms with van der Waals surface area (Å²) in [6.45, 7) is 19.8. The zero-order chi connectivity index (χ0) is 22.4. The Labute approximate surface area is 179 Å². The summed E-state index contributed by atoms with van der Waals surface area (Å²) in [7, 11) is 3.70. The number of rotatable bonds is 5. The van der Waals surface area contributed by atoms with Gasteiger partial charge in [0.1, 0.15) is 0 Å². The molecule has 29 heavy (non-hydrogen) atoms. The highest BCUT2D eigenvalue weighted by molar-refractivity contribution is 6.56. The second kappa shape index (κ2) is 10.5. The normalized spacial score (nSPS) is 20.6. The van der Waals surface area contributed by atoms with E-state index in [9.17, 15) is 0 Å². The Balaban J connectivity index is 3.41. The van der Waals surface area contributed by atoms with Crippen LogP contribution in [0, 0.1) is 11.3 Å². The molecule has 1 rings (SSSR count). The van der Waals surface area contributed by atoms with Crippen LogP contribution in [0.2, 0.25) is 0 Å². The molecule has 0 bridgehead atoms. The quantitative estimate of drug-likeness (QED) is 0.342. The van der Waals surface area contributed by atoms with Crippen molar-refractivity contribution in [1.82, 2.24) is 0 Å². The molecule has 2 heteroatoms. The fourth-order valence-corrected chi connectivity index (χ4v) is 2.80. The third kappa shape index (κ3) is 6.66. The van der Waals surface area contributed by atoms with Crippen molar-refractivity contribution in [2.45, 2.75) is 62.3 Å². The molecule has 0 fully saturated rings. The van der Waals surface area contributed by atoms with E-state index in [0.29, 0.717) is 5.92 Å². The van der Waals surface area contributed by atoms with Gasteiger partial charge in [-0.25, -0.2) is 0 Å². The Kier molecular flexibility index (Phi) is 9.01. The molecule has 0 spiro atoms. The van der Waals surface area contributed by atoms with Crippen LogP contribution in [0.25, 0.3) is 0 Å². The highest BCUT2D eigenvalue weighted by Crippen LogP contribution is 2.27. The fraction of sp³-hybridized carbons (Fsp3) is 0.481. The van der Waals surface area contributed by atoms with Crippen LogP contribution < -0.4 is 0 Å². The second-order valence-corrected chi connectivity index (χ2v) is 9.17. The van der Waals surface area contributed by atoms with Gasteiger partial charge in [0.15, 0.2) is 0 Å². The van der Waals surface area contributed by atoms with Crippen molar-refractivity contribution in [3.63, 3.8) is 0 Å². The van der Waals surface area contributed by atoms with Crippen molar-refractivity contribution in [3.05, 3.63) is 69.9 Å². The van der Waals surface area contributed by atoms with Crippen molar-refractivity contribution in [1.29, 1.82) is 0 Å². The Morgan fingerprint density at radius 1 is 0.759 bits per heavy atom. The largest absolute Gasteiger partial charge is 0.286 e. The molecule has 0 heterocycles. The Bertz CT molecular complexity index is 855. The lowest BCUT2D eigenvalue weighted by molar-refractivity contribution is 0.504. The highest BCUT2D eigenvalue weighted by atomic mass is 14.8. The van der Waals surface area contributed by atoms with Crippen LogP contribution >= 0.6 is 0 Å². The van der Waals surface area contributed by atoms with Crippen molar-refractivity contribution in [2.75, 3.05) is 14.1 Å². The molecule has 0 amide bonds. The number of hydrogen-bond acceptors (Lipinski definition) is 2. The lowest BCUT2D eigenvalue weighted by Crippen LogP contribution is -2.23. The summed E-state index contributed by atoms with van der Waals surface area (Å²) in [6.07, 6.45) is 13.2. The molecule has 0 radical (unpaired) electrons. The van der Waals surface area contributed by atoms with E-state index >= 15 is 0 Å². The van der Waals surface area contributed by atoms with Gasteiger partial charge in [-0.1, -0.05) is 82.2 Å². The molecule has 158 valence electrons. The van der Waals surface area contributed by atoms with Crippen molar-refractivity contribution < 1.29 is 0 Å². The summed E-state index contributed by atoms with van der Waals surface area (Å²) >= 11 is 0. The van der Waals surface area contributed by atoms with Gasteiger partial charge in [0.25, 0.3) is 0 Å². The SMILES string of the molecule is C/N=C1/C(/C(C)=C/C=C(\C)C(C)C)=CC=C(/C(C)=C/C=C(\C)C(C)(C)C)/C1=N/C. The van der Waals surface area contributed by atoms with Crippen LogP contribution in [0.3, 0.4) is 0 Å². The average molecular weight is 393 g/mol. The molecule has 0 aliphatic heterocycles. The third-order valence-corrected chi connectivity index (χ3v) is 5.72. The van der Waals surface area contributed by atoms with E-state index in [4.69, 9.17) is 0 Å². The minimum Gasteiger partial charge on any atom is -0.286 e.